The van der Waals surface area contributed by atoms with Crippen LogP contribution in [0.3, 0.4) is 0 Å². The second kappa shape index (κ2) is 15.5. The molecule has 0 amide bonds. The Labute approximate surface area is 256 Å². The molecule has 0 aliphatic carbocycles. The fourth-order valence-corrected chi connectivity index (χ4v) is 4.93. The van der Waals surface area contributed by atoms with Gasteiger partial charge in [0.25, 0.3) is 10.0 Å². The average molecular weight is 650 g/mol. The number of benzene rings is 3. The topological polar surface area (TPSA) is 257 Å². The molecule has 0 spiro atoms. The van der Waals surface area contributed by atoms with Crippen LogP contribution in [-0.4, -0.2) is 99.7 Å². The zero-order chi connectivity index (χ0) is 33.3. The van der Waals surface area contributed by atoms with Crippen molar-refractivity contribution in [3.8, 4) is 5.88 Å². The summed E-state index contributed by atoms with van der Waals surface area (Å²) in [4.78, 5) is 13.6. The van der Waals surface area contributed by atoms with Crippen LogP contribution in [0.15, 0.2) is 81.9 Å². The number of H-pyrrole nitrogens is 1. The van der Waals surface area contributed by atoms with E-state index in [1.165, 1.54) is 48.5 Å². The van der Waals surface area contributed by atoms with E-state index >= 15 is 0 Å². The number of carboxylic acid groups (broad SMARTS) is 1. The van der Waals surface area contributed by atoms with Gasteiger partial charge in [0.15, 0.2) is 5.69 Å². The number of aliphatic hydroxyl groups excluding tert-OH is 5. The van der Waals surface area contributed by atoms with Gasteiger partial charge in [-0.05, 0) is 67.7 Å². The molecule has 15 nitrogen and oxygen atoms in total. The first kappa shape index (κ1) is 35.0. The zero-order valence-corrected chi connectivity index (χ0v) is 24.4. The van der Waals surface area contributed by atoms with Gasteiger partial charge in [0.1, 0.15) is 24.1 Å². The van der Waals surface area contributed by atoms with Gasteiger partial charge in [0.2, 0.25) is 5.88 Å². The van der Waals surface area contributed by atoms with Gasteiger partial charge >= 0.3 is 5.97 Å². The maximum Gasteiger partial charge on any atom is 0.335 e. The number of nitrogens with one attached hydrogen (secondary N) is 3. The maximum atomic E-state index is 13.0. The second-order valence-electron chi connectivity index (χ2n) is 9.55. The largest absolute Gasteiger partial charge is 0.493 e. The van der Waals surface area contributed by atoms with Crippen LogP contribution in [-0.2, 0) is 10.0 Å². The van der Waals surface area contributed by atoms with Crippen molar-refractivity contribution in [3.63, 3.8) is 0 Å². The molecule has 0 bridgehead atoms. The summed E-state index contributed by atoms with van der Waals surface area (Å²) in [6, 6.07) is 14.7. The third-order valence-electron chi connectivity index (χ3n) is 6.23. The number of sulfonamides is 1. The first-order chi connectivity index (χ1) is 21.3. The highest BCUT2D eigenvalue weighted by atomic mass is 32.2. The molecule has 17 heteroatoms. The molecule has 45 heavy (non-hydrogen) atoms. The minimum Gasteiger partial charge on any atom is -0.493 e. The van der Waals surface area contributed by atoms with Gasteiger partial charge in [-0.25, -0.2) is 17.6 Å². The summed E-state index contributed by atoms with van der Waals surface area (Å²) in [5.41, 5.74) is 0.849. The van der Waals surface area contributed by atoms with Crippen LogP contribution in [0.1, 0.15) is 10.4 Å². The van der Waals surface area contributed by atoms with E-state index in [2.05, 4.69) is 25.3 Å². The van der Waals surface area contributed by atoms with Crippen molar-refractivity contribution in [2.24, 2.45) is 10.2 Å². The van der Waals surface area contributed by atoms with Crippen LogP contribution in [0.25, 0.3) is 10.9 Å². The quantitative estimate of drug-likeness (QED) is 0.0985. The molecule has 1 heterocycles. The van der Waals surface area contributed by atoms with Crippen molar-refractivity contribution >= 4 is 44.0 Å². The van der Waals surface area contributed by atoms with Crippen LogP contribution >= 0.6 is 0 Å². The van der Waals surface area contributed by atoms with Crippen molar-refractivity contribution in [2.75, 3.05) is 24.9 Å². The number of hydrogen-bond donors (Lipinski definition) is 10. The number of carbonyl (C=O) groups is 1. The van der Waals surface area contributed by atoms with E-state index in [0.29, 0.717) is 5.39 Å². The fraction of sp³-hybridized carbons (Fsp3) is 0.250. The van der Waals surface area contributed by atoms with Crippen molar-refractivity contribution in [1.29, 1.82) is 0 Å². The van der Waals surface area contributed by atoms with Crippen LogP contribution in [0, 0.1) is 5.82 Å². The Hall–Kier alpha value is -4.49. The van der Waals surface area contributed by atoms with E-state index in [9.17, 15) is 27.8 Å². The molecule has 0 aliphatic rings. The van der Waals surface area contributed by atoms with E-state index in [1.54, 1.807) is 13.1 Å². The SMILES string of the molecule is CNC[C@H](O)[C@@H](O)[C@H](O)[C@H](O)CO.O=C(O)c1cccc(N=Nc2c(O)[nH]c3cc(S(=O)(=O)Nc4ccc(F)cc4)ccc23)c1. The van der Waals surface area contributed by atoms with Gasteiger partial charge in [-0.3, -0.25) is 4.72 Å². The van der Waals surface area contributed by atoms with Crippen LogP contribution in [0.4, 0.5) is 21.5 Å². The van der Waals surface area contributed by atoms with E-state index < -0.39 is 52.8 Å². The second-order valence-corrected chi connectivity index (χ2v) is 11.2. The summed E-state index contributed by atoms with van der Waals surface area (Å²) in [6.07, 6.45) is -5.65. The summed E-state index contributed by atoms with van der Waals surface area (Å²) in [5, 5.41) is 75.1. The molecule has 4 rings (SSSR count). The van der Waals surface area contributed by atoms with Gasteiger partial charge in [0.05, 0.1) is 34.4 Å². The van der Waals surface area contributed by atoms with Gasteiger partial charge in [-0.1, -0.05) is 6.07 Å². The van der Waals surface area contributed by atoms with Gasteiger partial charge in [-0.15, -0.1) is 5.11 Å². The normalized spacial score (nSPS) is 14.4. The monoisotopic (exact) mass is 649 g/mol. The number of aliphatic hydroxyl groups is 5. The average Bonchev–Trinajstić information content (AvgIpc) is 3.34. The zero-order valence-electron chi connectivity index (χ0n) is 23.6. The molecule has 4 aromatic rings. The molecule has 3 aromatic carbocycles. The predicted octanol–water partition coefficient (Wildman–Crippen LogP) is 1.57. The van der Waals surface area contributed by atoms with Crippen LogP contribution in [0.5, 0.6) is 5.88 Å². The molecule has 0 saturated carbocycles. The molecule has 4 atom stereocenters. The summed E-state index contributed by atoms with van der Waals surface area (Å²) in [6.45, 7) is -0.569. The van der Waals surface area contributed by atoms with Gasteiger partial charge in [0, 0.05) is 17.6 Å². The fourth-order valence-electron chi connectivity index (χ4n) is 3.85. The Morgan fingerprint density at radius 2 is 1.62 bits per heavy atom. The highest BCUT2D eigenvalue weighted by Gasteiger charge is 2.29. The van der Waals surface area contributed by atoms with Crippen molar-refractivity contribution < 1.29 is 53.3 Å². The predicted molar refractivity (Wildman–Crippen MR) is 160 cm³/mol. The first-order valence-electron chi connectivity index (χ1n) is 13.1. The number of aromatic nitrogens is 1. The molecular formula is C28H32FN5O10S. The summed E-state index contributed by atoms with van der Waals surface area (Å²) >= 11 is 0. The number of hydrogen-bond acceptors (Lipinski definition) is 12. The molecule has 0 aliphatic heterocycles. The van der Waals surface area contributed by atoms with E-state index in [1.807, 2.05) is 0 Å². The number of aromatic hydroxyl groups is 1. The lowest BCUT2D eigenvalue weighted by Gasteiger charge is -2.25. The number of likely N-dealkylation sites (N-methyl/N-ethyl adjacent to an activating group) is 1. The van der Waals surface area contributed by atoms with Gasteiger partial charge in [-0.2, -0.15) is 5.11 Å². The van der Waals surface area contributed by atoms with Crippen LogP contribution in [0.2, 0.25) is 0 Å². The lowest BCUT2D eigenvalue weighted by Crippen LogP contribution is -2.48. The summed E-state index contributed by atoms with van der Waals surface area (Å²) in [7, 11) is -2.40. The van der Waals surface area contributed by atoms with E-state index in [4.69, 9.17) is 25.5 Å². The number of aromatic amines is 1. The summed E-state index contributed by atoms with van der Waals surface area (Å²) in [5.74, 6) is -1.94. The Balaban J connectivity index is 0.000000360. The molecule has 0 radical (unpaired) electrons. The number of carboxylic acids is 1. The Morgan fingerprint density at radius 1 is 0.956 bits per heavy atom. The van der Waals surface area contributed by atoms with E-state index in [-0.39, 0.29) is 45.5 Å². The number of fused-ring (bicyclic) bond motifs is 1. The number of halogens is 1. The highest BCUT2D eigenvalue weighted by Crippen LogP contribution is 2.37. The number of rotatable bonds is 12. The summed E-state index contributed by atoms with van der Waals surface area (Å²) < 4.78 is 40.7. The molecule has 10 N–H and O–H groups in total. The van der Waals surface area contributed by atoms with Crippen molar-refractivity contribution in [1.82, 2.24) is 10.3 Å². The Bertz CT molecular complexity index is 1730. The van der Waals surface area contributed by atoms with Gasteiger partial charge < -0.3 is 46.0 Å². The molecule has 242 valence electrons. The van der Waals surface area contributed by atoms with Crippen molar-refractivity contribution in [2.45, 2.75) is 29.3 Å². The molecular weight excluding hydrogens is 617 g/mol. The molecule has 0 saturated heterocycles. The van der Waals surface area contributed by atoms with Crippen LogP contribution < -0.4 is 10.0 Å². The first-order valence-corrected chi connectivity index (χ1v) is 14.6. The third-order valence-corrected chi connectivity index (χ3v) is 7.61. The number of aromatic carboxylic acids is 1. The van der Waals surface area contributed by atoms with E-state index in [0.717, 1.165) is 12.1 Å². The number of azo groups is 1. The Kier molecular flexibility index (Phi) is 12.0. The smallest absolute Gasteiger partial charge is 0.335 e. The molecule has 1 aromatic heterocycles. The molecule has 0 unspecified atom stereocenters. The standard InChI is InChI=1S/C21H15FN4O5S.C7H17NO5/c22-13-4-6-14(7-5-13)26-32(30,31)16-8-9-17-18(11-16)23-20(27)19(17)25-24-15-3-1-2-12(10-15)21(28)29;1-8-2-4(10)6(12)7(13)5(11)3-9/h1-11,23,26-27H,(H,28,29);4-13H,2-3H2,1H3/t;4-,5+,6+,7+/m.0/s1. The highest BCUT2D eigenvalue weighted by molar-refractivity contribution is 7.92. The lowest BCUT2D eigenvalue weighted by atomic mass is 10.0. The number of anilines is 1. The van der Waals surface area contributed by atoms with Crippen molar-refractivity contribution in [3.05, 3.63) is 78.1 Å². The Morgan fingerprint density at radius 3 is 2.24 bits per heavy atom. The third kappa shape index (κ3) is 9.25. The maximum absolute atomic E-state index is 13.0. The molecule has 0 fully saturated rings. The number of nitrogens with zero attached hydrogens (tertiary/aromatic N) is 2. The lowest BCUT2D eigenvalue weighted by molar-refractivity contribution is -0.113. The minimum atomic E-state index is -3.97. The minimum absolute atomic E-state index is 0.0353.